The number of piperidine rings is 2. The summed E-state index contributed by atoms with van der Waals surface area (Å²) in [4.78, 5) is 42.7. The zero-order valence-corrected chi connectivity index (χ0v) is 19.9. The highest BCUT2D eigenvalue weighted by Gasteiger charge is 2.40. The number of rotatable bonds is 5. The lowest BCUT2D eigenvalue weighted by molar-refractivity contribution is -0.135. The molecule has 2 aromatic rings. The monoisotopic (exact) mass is 461 g/mol. The van der Waals surface area contributed by atoms with E-state index in [1.54, 1.807) is 35.2 Å². The molecule has 2 aliphatic heterocycles. The van der Waals surface area contributed by atoms with Crippen LogP contribution in [0, 0.1) is 18.8 Å². The lowest BCUT2D eigenvalue weighted by Crippen LogP contribution is -2.55. The van der Waals surface area contributed by atoms with E-state index in [2.05, 4.69) is 5.32 Å². The summed E-state index contributed by atoms with van der Waals surface area (Å²) in [6, 6.07) is 10.7. The van der Waals surface area contributed by atoms with Crippen LogP contribution in [0.15, 0.2) is 64.5 Å². The van der Waals surface area contributed by atoms with Gasteiger partial charge in [-0.05, 0) is 50.5 Å². The van der Waals surface area contributed by atoms with E-state index in [9.17, 15) is 14.4 Å². The Labute approximate surface area is 200 Å². The second-order valence-corrected chi connectivity index (χ2v) is 8.97. The van der Waals surface area contributed by atoms with E-state index in [4.69, 9.17) is 4.42 Å². The van der Waals surface area contributed by atoms with Crippen LogP contribution in [0.3, 0.4) is 0 Å². The SMILES string of the molecule is C/C=C1/C2CC(CN(C(=O)/C(=C/c3ccco3)NC(=O)c3ccc(C)cc3)C2)CN1C(=O)CC. The number of aryl methyl sites for hydroxylation is 1. The van der Waals surface area contributed by atoms with Crippen LogP contribution >= 0.6 is 0 Å². The van der Waals surface area contributed by atoms with Crippen molar-refractivity contribution in [2.45, 2.75) is 33.6 Å². The third-order valence-corrected chi connectivity index (χ3v) is 6.52. The quantitative estimate of drug-likeness (QED) is 0.683. The van der Waals surface area contributed by atoms with Crippen LogP contribution in [-0.2, 0) is 9.59 Å². The molecule has 2 bridgehead atoms. The van der Waals surface area contributed by atoms with Crippen LogP contribution in [0.25, 0.3) is 6.08 Å². The van der Waals surface area contributed by atoms with Crippen LogP contribution in [0.1, 0.15) is 48.4 Å². The van der Waals surface area contributed by atoms with Crippen LogP contribution < -0.4 is 5.32 Å². The second-order valence-electron chi connectivity index (χ2n) is 8.97. The topological polar surface area (TPSA) is 82.9 Å². The number of nitrogens with one attached hydrogen (secondary N) is 1. The van der Waals surface area contributed by atoms with Crippen molar-refractivity contribution < 1.29 is 18.8 Å². The highest BCUT2D eigenvalue weighted by Crippen LogP contribution is 2.36. The maximum atomic E-state index is 13.6. The molecule has 3 heterocycles. The molecule has 1 aromatic heterocycles. The molecule has 2 fully saturated rings. The molecule has 3 amide bonds. The highest BCUT2D eigenvalue weighted by molar-refractivity contribution is 6.05. The van der Waals surface area contributed by atoms with Crippen molar-refractivity contribution in [3.8, 4) is 0 Å². The molecule has 7 nitrogen and oxygen atoms in total. The predicted molar refractivity (Wildman–Crippen MR) is 129 cm³/mol. The molecule has 1 N–H and O–H groups in total. The number of carbonyl (C=O) groups excluding carboxylic acids is 3. The normalized spacial score (nSPS) is 21.5. The Morgan fingerprint density at radius 3 is 2.53 bits per heavy atom. The summed E-state index contributed by atoms with van der Waals surface area (Å²) < 4.78 is 5.41. The summed E-state index contributed by atoms with van der Waals surface area (Å²) in [6.45, 7) is 7.41. The van der Waals surface area contributed by atoms with Crippen LogP contribution in [-0.4, -0.2) is 47.2 Å². The lowest BCUT2D eigenvalue weighted by atomic mass is 9.81. The van der Waals surface area contributed by atoms with Crippen molar-refractivity contribution in [2.75, 3.05) is 19.6 Å². The van der Waals surface area contributed by atoms with Crippen molar-refractivity contribution in [1.82, 2.24) is 15.1 Å². The first-order valence-corrected chi connectivity index (χ1v) is 11.8. The highest BCUT2D eigenvalue weighted by atomic mass is 16.3. The number of hydrogen-bond acceptors (Lipinski definition) is 4. The van der Waals surface area contributed by atoms with Gasteiger partial charge in [-0.3, -0.25) is 14.4 Å². The van der Waals surface area contributed by atoms with Crippen molar-refractivity contribution >= 4 is 23.8 Å². The smallest absolute Gasteiger partial charge is 0.270 e. The summed E-state index contributed by atoms with van der Waals surface area (Å²) in [7, 11) is 0. The second kappa shape index (κ2) is 10.1. The Bertz CT molecular complexity index is 1120. The predicted octanol–water partition coefficient (Wildman–Crippen LogP) is 3.98. The molecule has 0 aliphatic carbocycles. The van der Waals surface area contributed by atoms with Gasteiger partial charge in [-0.25, -0.2) is 0 Å². The minimum absolute atomic E-state index is 0.0922. The molecule has 178 valence electrons. The maximum absolute atomic E-state index is 13.6. The molecule has 34 heavy (non-hydrogen) atoms. The van der Waals surface area contributed by atoms with Gasteiger partial charge in [-0.1, -0.05) is 30.7 Å². The number of amides is 3. The molecule has 0 radical (unpaired) electrons. The third kappa shape index (κ3) is 4.98. The number of carbonyl (C=O) groups is 3. The summed E-state index contributed by atoms with van der Waals surface area (Å²) in [5, 5.41) is 2.81. The number of hydrogen-bond donors (Lipinski definition) is 1. The van der Waals surface area contributed by atoms with Crippen LogP contribution in [0.2, 0.25) is 0 Å². The van der Waals surface area contributed by atoms with Gasteiger partial charge < -0.3 is 19.5 Å². The molecule has 0 spiro atoms. The third-order valence-electron chi connectivity index (χ3n) is 6.52. The molecule has 4 rings (SSSR count). The first kappa shape index (κ1) is 23.5. The Morgan fingerprint density at radius 2 is 1.88 bits per heavy atom. The first-order chi connectivity index (χ1) is 16.4. The van der Waals surface area contributed by atoms with Gasteiger partial charge in [0.15, 0.2) is 0 Å². The standard InChI is InChI=1S/C27H31N3O4/c1-4-24-21-13-19(16-30(24)25(31)5-2)15-29(17-21)27(33)23(14-22-7-6-12-34-22)28-26(32)20-10-8-18(3)9-11-20/h4,6-12,14,19,21H,5,13,15-17H2,1-3H3,(H,28,32)/b23-14-,24-4-. The van der Waals surface area contributed by atoms with Gasteiger partial charge in [0, 0.05) is 49.3 Å². The molecular formula is C27H31N3O4. The molecule has 2 atom stereocenters. The number of furan rings is 1. The number of likely N-dealkylation sites (tertiary alicyclic amines) is 2. The Hall–Kier alpha value is -3.61. The van der Waals surface area contributed by atoms with Crippen molar-refractivity contribution in [3.63, 3.8) is 0 Å². The first-order valence-electron chi connectivity index (χ1n) is 11.8. The van der Waals surface area contributed by atoms with Crippen molar-refractivity contribution in [1.29, 1.82) is 0 Å². The maximum Gasteiger partial charge on any atom is 0.270 e. The molecule has 7 heteroatoms. The van der Waals surface area contributed by atoms with Gasteiger partial charge in [0.25, 0.3) is 11.8 Å². The molecular weight excluding hydrogens is 430 g/mol. The fraction of sp³-hybridized carbons (Fsp3) is 0.370. The van der Waals surface area contributed by atoms with E-state index in [0.29, 0.717) is 37.4 Å². The van der Waals surface area contributed by atoms with Gasteiger partial charge in [0.1, 0.15) is 11.5 Å². The van der Waals surface area contributed by atoms with E-state index in [-0.39, 0.29) is 35.3 Å². The average Bonchev–Trinajstić information content (AvgIpc) is 3.35. The number of benzene rings is 1. The van der Waals surface area contributed by atoms with E-state index in [1.165, 1.54) is 6.26 Å². The minimum atomic E-state index is -0.350. The summed E-state index contributed by atoms with van der Waals surface area (Å²) in [5.41, 5.74) is 2.68. The Morgan fingerprint density at radius 1 is 1.12 bits per heavy atom. The van der Waals surface area contributed by atoms with Gasteiger partial charge >= 0.3 is 0 Å². The zero-order valence-electron chi connectivity index (χ0n) is 19.9. The average molecular weight is 462 g/mol. The van der Waals surface area contributed by atoms with Crippen LogP contribution in [0.5, 0.6) is 0 Å². The largest absolute Gasteiger partial charge is 0.465 e. The van der Waals surface area contributed by atoms with E-state index in [0.717, 1.165) is 17.7 Å². The number of allylic oxidation sites excluding steroid dienone is 1. The Kier molecular flexibility index (Phi) is 7.01. The fourth-order valence-corrected chi connectivity index (χ4v) is 4.86. The van der Waals surface area contributed by atoms with E-state index >= 15 is 0 Å². The van der Waals surface area contributed by atoms with Crippen LogP contribution in [0.4, 0.5) is 0 Å². The molecule has 0 saturated carbocycles. The number of nitrogens with zero attached hydrogens (tertiary/aromatic N) is 2. The molecule has 1 aromatic carbocycles. The molecule has 2 unspecified atom stereocenters. The van der Waals surface area contributed by atoms with E-state index < -0.39 is 0 Å². The zero-order chi connectivity index (χ0) is 24.2. The Balaban J connectivity index is 1.57. The van der Waals surface area contributed by atoms with Gasteiger partial charge in [-0.15, -0.1) is 0 Å². The minimum Gasteiger partial charge on any atom is -0.465 e. The fourth-order valence-electron chi connectivity index (χ4n) is 4.86. The van der Waals surface area contributed by atoms with Gasteiger partial charge in [0.05, 0.1) is 6.26 Å². The van der Waals surface area contributed by atoms with Gasteiger partial charge in [0.2, 0.25) is 5.91 Å². The van der Waals surface area contributed by atoms with Crippen molar-refractivity contribution in [2.24, 2.45) is 11.8 Å². The van der Waals surface area contributed by atoms with Gasteiger partial charge in [-0.2, -0.15) is 0 Å². The van der Waals surface area contributed by atoms with E-state index in [1.807, 2.05) is 43.9 Å². The number of fused-ring (bicyclic) bond motifs is 2. The summed E-state index contributed by atoms with van der Waals surface area (Å²) in [5.74, 6) is 0.286. The summed E-state index contributed by atoms with van der Waals surface area (Å²) in [6.07, 6.45) is 6.49. The lowest BCUT2D eigenvalue weighted by Gasteiger charge is -2.47. The summed E-state index contributed by atoms with van der Waals surface area (Å²) >= 11 is 0. The van der Waals surface area contributed by atoms with Crippen molar-refractivity contribution in [3.05, 3.63) is 77.0 Å². The molecule has 2 saturated heterocycles. The molecule has 2 aliphatic rings.